The smallest absolute Gasteiger partial charge is 0.279 e. The first-order chi connectivity index (χ1) is 13.0. The zero-order chi connectivity index (χ0) is 19.2. The molecule has 27 heavy (non-hydrogen) atoms. The minimum atomic E-state index is 0.0705. The first-order valence-electron chi connectivity index (χ1n) is 10.3. The number of benzene rings is 1. The predicted octanol–water partition coefficient (Wildman–Crippen LogP) is -0.916. The molecule has 0 aromatic heterocycles. The van der Waals surface area contributed by atoms with E-state index < -0.39 is 0 Å². The number of amides is 2. The van der Waals surface area contributed by atoms with Crippen molar-refractivity contribution in [3.63, 3.8) is 0 Å². The molecule has 1 saturated heterocycles. The Hall–Kier alpha value is -1.92. The quantitative estimate of drug-likeness (QED) is 0.521. The summed E-state index contributed by atoms with van der Waals surface area (Å²) in [5.41, 5.74) is 3.23. The molecule has 0 spiro atoms. The van der Waals surface area contributed by atoms with Crippen LogP contribution in [0.15, 0.2) is 18.2 Å². The number of rotatable bonds is 6. The van der Waals surface area contributed by atoms with Gasteiger partial charge in [0.15, 0.2) is 13.1 Å². The van der Waals surface area contributed by atoms with E-state index in [2.05, 4.69) is 23.6 Å². The maximum atomic E-state index is 12.4. The van der Waals surface area contributed by atoms with Gasteiger partial charge in [-0.1, -0.05) is 25.0 Å². The van der Waals surface area contributed by atoms with Crippen molar-refractivity contribution in [2.75, 3.05) is 44.6 Å². The second-order valence-electron chi connectivity index (χ2n) is 8.20. The van der Waals surface area contributed by atoms with Crippen LogP contribution in [-0.2, 0) is 9.59 Å². The standard InChI is InChI=1S/C21H32N4O2/c1-16-6-5-9-19(17(16)2)23-21(27)15-25-12-10-24(11-13-25)14-20(26)22-18-7-3-4-8-18/h5-6,9,18H,3-4,7-8,10-15H2,1-2H3,(H,22,26)(H,23,27)/p+2. The molecule has 1 aliphatic heterocycles. The monoisotopic (exact) mass is 374 g/mol. The van der Waals surface area contributed by atoms with Crippen molar-refractivity contribution in [1.29, 1.82) is 0 Å². The van der Waals surface area contributed by atoms with E-state index in [1.54, 1.807) is 0 Å². The van der Waals surface area contributed by atoms with Gasteiger partial charge in [0, 0.05) is 11.7 Å². The van der Waals surface area contributed by atoms with Crippen LogP contribution in [0.5, 0.6) is 0 Å². The zero-order valence-corrected chi connectivity index (χ0v) is 16.7. The van der Waals surface area contributed by atoms with E-state index in [4.69, 9.17) is 0 Å². The Morgan fingerprint density at radius 2 is 1.56 bits per heavy atom. The highest BCUT2D eigenvalue weighted by atomic mass is 16.2. The van der Waals surface area contributed by atoms with Gasteiger partial charge in [-0.2, -0.15) is 0 Å². The number of piperazine rings is 1. The molecule has 1 aromatic rings. The average Bonchev–Trinajstić information content (AvgIpc) is 3.13. The molecule has 2 amide bonds. The number of carbonyl (C=O) groups excluding carboxylic acids is 2. The van der Waals surface area contributed by atoms with Crippen molar-refractivity contribution in [3.05, 3.63) is 29.3 Å². The normalized spacial score (nSPS) is 23.2. The number of hydrogen-bond acceptors (Lipinski definition) is 2. The van der Waals surface area contributed by atoms with Crippen molar-refractivity contribution >= 4 is 17.5 Å². The molecular formula is C21H34N4O2+2. The molecule has 2 fully saturated rings. The van der Waals surface area contributed by atoms with Gasteiger partial charge in [0.05, 0.1) is 0 Å². The summed E-state index contributed by atoms with van der Waals surface area (Å²) >= 11 is 0. The number of aryl methyl sites for hydroxylation is 1. The summed E-state index contributed by atoms with van der Waals surface area (Å²) in [5, 5.41) is 6.23. The van der Waals surface area contributed by atoms with Crippen molar-refractivity contribution in [1.82, 2.24) is 5.32 Å². The minimum absolute atomic E-state index is 0.0705. The molecule has 6 nitrogen and oxygen atoms in total. The van der Waals surface area contributed by atoms with Gasteiger partial charge in [0.2, 0.25) is 0 Å². The van der Waals surface area contributed by atoms with Crippen LogP contribution in [0, 0.1) is 13.8 Å². The Labute approximate surface area is 162 Å². The fraction of sp³-hybridized carbons (Fsp3) is 0.619. The molecule has 0 bridgehead atoms. The summed E-state index contributed by atoms with van der Waals surface area (Å²) in [4.78, 5) is 27.2. The maximum Gasteiger partial charge on any atom is 0.279 e. The SMILES string of the molecule is Cc1cccc(NC(=O)C[NH+]2CC[NH+](CC(=O)NC3CCCC3)CC2)c1C. The Morgan fingerprint density at radius 1 is 0.963 bits per heavy atom. The van der Waals surface area contributed by atoms with Crippen LogP contribution in [0.4, 0.5) is 5.69 Å². The third kappa shape index (κ3) is 5.78. The van der Waals surface area contributed by atoms with Crippen LogP contribution in [-0.4, -0.2) is 57.1 Å². The van der Waals surface area contributed by atoms with Gasteiger partial charge >= 0.3 is 0 Å². The Balaban J connectivity index is 1.38. The molecule has 0 unspecified atom stereocenters. The van der Waals surface area contributed by atoms with Gasteiger partial charge in [0.1, 0.15) is 26.2 Å². The number of anilines is 1. The van der Waals surface area contributed by atoms with Crippen LogP contribution in [0.25, 0.3) is 0 Å². The molecule has 1 saturated carbocycles. The summed E-state index contributed by atoms with van der Waals surface area (Å²) in [5.74, 6) is 0.258. The first kappa shape index (κ1) is 19.8. The predicted molar refractivity (Wildman–Crippen MR) is 106 cm³/mol. The fourth-order valence-electron chi connectivity index (χ4n) is 4.19. The van der Waals surface area contributed by atoms with Crippen molar-refractivity contribution < 1.29 is 19.4 Å². The van der Waals surface area contributed by atoms with Gasteiger partial charge < -0.3 is 20.4 Å². The van der Waals surface area contributed by atoms with Crippen molar-refractivity contribution in [3.8, 4) is 0 Å². The van der Waals surface area contributed by atoms with Gasteiger partial charge in [-0.15, -0.1) is 0 Å². The van der Waals surface area contributed by atoms with E-state index in [1.165, 1.54) is 28.2 Å². The van der Waals surface area contributed by atoms with Crippen molar-refractivity contribution in [2.24, 2.45) is 0 Å². The second kappa shape index (κ2) is 9.33. The maximum absolute atomic E-state index is 12.4. The molecule has 0 atom stereocenters. The molecule has 3 rings (SSSR count). The highest BCUT2D eigenvalue weighted by Gasteiger charge is 2.27. The van der Waals surface area contributed by atoms with Gasteiger partial charge in [-0.05, 0) is 43.9 Å². The summed E-state index contributed by atoms with van der Waals surface area (Å²) in [6.45, 7) is 8.93. The molecule has 2 aliphatic rings. The number of nitrogens with one attached hydrogen (secondary N) is 4. The number of hydrogen-bond donors (Lipinski definition) is 4. The third-order valence-electron chi connectivity index (χ3n) is 6.08. The summed E-state index contributed by atoms with van der Waals surface area (Å²) in [7, 11) is 0. The van der Waals surface area contributed by atoms with Gasteiger partial charge in [-0.25, -0.2) is 0 Å². The van der Waals surface area contributed by atoms with E-state index in [0.717, 1.165) is 50.3 Å². The van der Waals surface area contributed by atoms with Crippen LogP contribution in [0.3, 0.4) is 0 Å². The second-order valence-corrected chi connectivity index (χ2v) is 8.20. The average molecular weight is 375 g/mol. The highest BCUT2D eigenvalue weighted by Crippen LogP contribution is 2.18. The number of carbonyl (C=O) groups is 2. The molecule has 1 aromatic carbocycles. The molecule has 148 valence electrons. The topological polar surface area (TPSA) is 67.1 Å². The number of quaternary nitrogens is 2. The molecule has 6 heteroatoms. The van der Waals surface area contributed by atoms with E-state index in [-0.39, 0.29) is 11.8 Å². The molecule has 4 N–H and O–H groups in total. The van der Waals surface area contributed by atoms with Crippen LogP contribution >= 0.6 is 0 Å². The first-order valence-corrected chi connectivity index (χ1v) is 10.3. The largest absolute Gasteiger partial charge is 0.348 e. The van der Waals surface area contributed by atoms with Crippen LogP contribution in [0.1, 0.15) is 36.8 Å². The fourth-order valence-corrected chi connectivity index (χ4v) is 4.19. The van der Waals surface area contributed by atoms with E-state index >= 15 is 0 Å². The lowest BCUT2D eigenvalue weighted by atomic mass is 10.1. The highest BCUT2D eigenvalue weighted by molar-refractivity contribution is 5.92. The molecule has 0 radical (unpaired) electrons. The lowest BCUT2D eigenvalue weighted by Gasteiger charge is -2.29. The lowest BCUT2D eigenvalue weighted by Crippen LogP contribution is -3.28. The molecular weight excluding hydrogens is 340 g/mol. The van der Waals surface area contributed by atoms with Gasteiger partial charge in [0.25, 0.3) is 11.8 Å². The van der Waals surface area contributed by atoms with Crippen LogP contribution < -0.4 is 20.4 Å². The molecule has 1 heterocycles. The third-order valence-corrected chi connectivity index (χ3v) is 6.08. The summed E-state index contributed by atoms with van der Waals surface area (Å²) in [6, 6.07) is 6.39. The van der Waals surface area contributed by atoms with E-state index in [0.29, 0.717) is 19.1 Å². The Morgan fingerprint density at radius 3 is 2.19 bits per heavy atom. The lowest BCUT2D eigenvalue weighted by molar-refractivity contribution is -1.00. The summed E-state index contributed by atoms with van der Waals surface area (Å²) in [6.07, 6.45) is 4.75. The van der Waals surface area contributed by atoms with Crippen LogP contribution in [0.2, 0.25) is 0 Å². The van der Waals surface area contributed by atoms with Gasteiger partial charge in [-0.3, -0.25) is 9.59 Å². The van der Waals surface area contributed by atoms with E-state index in [9.17, 15) is 9.59 Å². The molecule has 1 aliphatic carbocycles. The Bertz CT molecular complexity index is 662. The zero-order valence-electron chi connectivity index (χ0n) is 16.7. The summed E-state index contributed by atoms with van der Waals surface area (Å²) < 4.78 is 0. The van der Waals surface area contributed by atoms with Crippen molar-refractivity contribution in [2.45, 2.75) is 45.6 Å². The minimum Gasteiger partial charge on any atom is -0.348 e. The Kier molecular flexibility index (Phi) is 6.85. The van der Waals surface area contributed by atoms with E-state index in [1.807, 2.05) is 19.1 Å².